The van der Waals surface area contributed by atoms with Crippen molar-refractivity contribution in [3.63, 3.8) is 0 Å². The van der Waals surface area contributed by atoms with E-state index in [1.54, 1.807) is 10.8 Å². The molecule has 0 amide bonds. The molecule has 0 fully saturated rings. The van der Waals surface area contributed by atoms with Crippen LogP contribution in [0.15, 0.2) is 30.7 Å². The lowest BCUT2D eigenvalue weighted by molar-refractivity contribution is 0.493. The van der Waals surface area contributed by atoms with Crippen molar-refractivity contribution < 1.29 is 8.78 Å². The first-order valence-electron chi connectivity index (χ1n) is 5.74. The molecule has 1 aromatic carbocycles. The van der Waals surface area contributed by atoms with Crippen molar-refractivity contribution in [2.75, 3.05) is 0 Å². The van der Waals surface area contributed by atoms with Gasteiger partial charge in [0, 0.05) is 12.1 Å². The number of hydrogen-bond acceptors (Lipinski definition) is 2. The molecular formula is C13H15F2N3. The minimum atomic E-state index is -0.634. The first-order valence-corrected chi connectivity index (χ1v) is 5.74. The van der Waals surface area contributed by atoms with Gasteiger partial charge >= 0.3 is 0 Å². The van der Waals surface area contributed by atoms with Gasteiger partial charge in [0.1, 0.15) is 11.6 Å². The lowest BCUT2D eigenvalue weighted by atomic mass is 10.0. The molecule has 5 heteroatoms. The van der Waals surface area contributed by atoms with E-state index in [2.05, 4.69) is 4.98 Å². The van der Waals surface area contributed by atoms with Gasteiger partial charge in [-0.15, -0.1) is 0 Å². The first-order chi connectivity index (χ1) is 8.50. The summed E-state index contributed by atoms with van der Waals surface area (Å²) in [7, 11) is 0. The van der Waals surface area contributed by atoms with E-state index in [1.165, 1.54) is 18.5 Å². The van der Waals surface area contributed by atoms with Crippen LogP contribution in [-0.4, -0.2) is 9.55 Å². The van der Waals surface area contributed by atoms with Crippen LogP contribution in [0.25, 0.3) is 5.69 Å². The predicted molar refractivity (Wildman–Crippen MR) is 65.2 cm³/mol. The van der Waals surface area contributed by atoms with Gasteiger partial charge in [0.05, 0.1) is 23.9 Å². The maximum absolute atomic E-state index is 13.7. The summed E-state index contributed by atoms with van der Waals surface area (Å²) in [6.07, 6.45) is 3.08. The van der Waals surface area contributed by atoms with Gasteiger partial charge in [-0.25, -0.2) is 13.8 Å². The van der Waals surface area contributed by atoms with Gasteiger partial charge in [-0.2, -0.15) is 0 Å². The molecule has 2 N–H and O–H groups in total. The van der Waals surface area contributed by atoms with E-state index in [0.29, 0.717) is 5.69 Å². The number of halogens is 2. The third-order valence-electron chi connectivity index (χ3n) is 2.90. The minimum Gasteiger partial charge on any atom is -0.322 e. The molecule has 1 unspecified atom stereocenters. The fraction of sp³-hybridized carbons (Fsp3) is 0.308. The largest absolute Gasteiger partial charge is 0.322 e. The zero-order valence-corrected chi connectivity index (χ0v) is 10.3. The van der Waals surface area contributed by atoms with Crippen molar-refractivity contribution in [3.05, 3.63) is 48.1 Å². The maximum Gasteiger partial charge on any atom is 0.150 e. The van der Waals surface area contributed by atoms with Gasteiger partial charge in [0.2, 0.25) is 0 Å². The van der Waals surface area contributed by atoms with Gasteiger partial charge in [-0.05, 0) is 18.1 Å². The molecule has 0 aliphatic heterocycles. The van der Waals surface area contributed by atoms with E-state index >= 15 is 0 Å². The fourth-order valence-electron chi connectivity index (χ4n) is 1.77. The highest BCUT2D eigenvalue weighted by atomic mass is 19.1. The second kappa shape index (κ2) is 4.86. The molecule has 18 heavy (non-hydrogen) atoms. The molecule has 0 bridgehead atoms. The molecule has 2 rings (SSSR count). The lowest BCUT2D eigenvalue weighted by Crippen LogP contribution is -2.20. The van der Waals surface area contributed by atoms with E-state index in [4.69, 9.17) is 5.73 Å². The van der Waals surface area contributed by atoms with Crippen LogP contribution >= 0.6 is 0 Å². The average molecular weight is 251 g/mol. The normalized spacial score (nSPS) is 13.0. The summed E-state index contributed by atoms with van der Waals surface area (Å²) in [6.45, 7) is 3.95. The molecule has 1 heterocycles. The molecule has 0 aliphatic rings. The van der Waals surface area contributed by atoms with E-state index in [-0.39, 0.29) is 17.6 Å². The summed E-state index contributed by atoms with van der Waals surface area (Å²) in [4.78, 5) is 3.99. The molecule has 1 atom stereocenters. The van der Waals surface area contributed by atoms with Crippen molar-refractivity contribution in [2.45, 2.75) is 19.9 Å². The number of nitrogens with two attached hydrogens (primary N) is 1. The molecule has 1 aromatic heterocycles. The molecule has 0 saturated carbocycles. The minimum absolute atomic E-state index is 0.198. The Labute approximate surface area is 104 Å². The summed E-state index contributed by atoms with van der Waals surface area (Å²) in [5.41, 5.74) is 7.00. The Morgan fingerprint density at radius 2 is 2.00 bits per heavy atom. The molecule has 96 valence electrons. The van der Waals surface area contributed by atoms with Crippen LogP contribution in [0.1, 0.15) is 25.6 Å². The van der Waals surface area contributed by atoms with Crippen molar-refractivity contribution >= 4 is 0 Å². The molecule has 0 spiro atoms. The highest BCUT2D eigenvalue weighted by Crippen LogP contribution is 2.23. The summed E-state index contributed by atoms with van der Waals surface area (Å²) >= 11 is 0. The number of benzene rings is 1. The average Bonchev–Trinajstić information content (AvgIpc) is 2.76. The number of imidazole rings is 1. The van der Waals surface area contributed by atoms with Crippen LogP contribution in [0.3, 0.4) is 0 Å². The zero-order chi connectivity index (χ0) is 13.3. The second-order valence-corrected chi connectivity index (χ2v) is 4.55. The van der Waals surface area contributed by atoms with E-state index in [0.717, 1.165) is 6.07 Å². The molecule has 0 radical (unpaired) electrons. The molecule has 2 aromatic rings. The van der Waals surface area contributed by atoms with E-state index in [9.17, 15) is 8.78 Å². The van der Waals surface area contributed by atoms with Crippen molar-refractivity contribution in [2.24, 2.45) is 11.7 Å². The molecule has 0 aliphatic carbocycles. The van der Waals surface area contributed by atoms with Gasteiger partial charge < -0.3 is 5.73 Å². The van der Waals surface area contributed by atoms with Crippen LogP contribution in [-0.2, 0) is 0 Å². The standard InChI is InChI=1S/C13H15F2N3/c1-8(2)13(16)12-6-17-7-18(12)11-4-3-9(14)5-10(11)15/h3-8,13H,16H2,1-2H3. The number of aromatic nitrogens is 2. The fourth-order valence-corrected chi connectivity index (χ4v) is 1.77. The van der Waals surface area contributed by atoms with Gasteiger partial charge in [-0.1, -0.05) is 13.8 Å². The van der Waals surface area contributed by atoms with Gasteiger partial charge in [0.15, 0.2) is 0 Å². The summed E-state index contributed by atoms with van der Waals surface area (Å²) in [6, 6.07) is 3.18. The summed E-state index contributed by atoms with van der Waals surface area (Å²) < 4.78 is 28.2. The van der Waals surface area contributed by atoms with Crippen molar-refractivity contribution in [3.8, 4) is 5.69 Å². The third kappa shape index (κ3) is 2.26. The molecular weight excluding hydrogens is 236 g/mol. The van der Waals surface area contributed by atoms with E-state index < -0.39 is 11.6 Å². The number of hydrogen-bond donors (Lipinski definition) is 1. The predicted octanol–water partition coefficient (Wildman–Crippen LogP) is 2.81. The lowest BCUT2D eigenvalue weighted by Gasteiger charge is -2.18. The highest BCUT2D eigenvalue weighted by molar-refractivity contribution is 5.36. The van der Waals surface area contributed by atoms with Crippen LogP contribution in [0.5, 0.6) is 0 Å². The number of nitrogens with zero attached hydrogens (tertiary/aromatic N) is 2. The first kappa shape index (κ1) is 12.7. The smallest absolute Gasteiger partial charge is 0.150 e. The van der Waals surface area contributed by atoms with Gasteiger partial charge in [-0.3, -0.25) is 4.57 Å². The topological polar surface area (TPSA) is 43.8 Å². The summed E-state index contributed by atoms with van der Waals surface area (Å²) in [5, 5.41) is 0. The highest BCUT2D eigenvalue weighted by Gasteiger charge is 2.17. The van der Waals surface area contributed by atoms with E-state index in [1.807, 2.05) is 13.8 Å². The van der Waals surface area contributed by atoms with Gasteiger partial charge in [0.25, 0.3) is 0 Å². The van der Waals surface area contributed by atoms with Crippen LogP contribution in [0.2, 0.25) is 0 Å². The molecule has 3 nitrogen and oxygen atoms in total. The Hall–Kier alpha value is -1.75. The van der Waals surface area contributed by atoms with Crippen LogP contribution in [0.4, 0.5) is 8.78 Å². The maximum atomic E-state index is 13.7. The number of rotatable bonds is 3. The second-order valence-electron chi connectivity index (χ2n) is 4.55. The zero-order valence-electron chi connectivity index (χ0n) is 10.3. The Kier molecular flexibility index (Phi) is 3.43. The SMILES string of the molecule is CC(C)C(N)c1cncn1-c1ccc(F)cc1F. The quantitative estimate of drug-likeness (QED) is 0.911. The Balaban J connectivity index is 2.49. The Bertz CT molecular complexity index is 549. The van der Waals surface area contributed by atoms with Crippen molar-refractivity contribution in [1.29, 1.82) is 0 Å². The van der Waals surface area contributed by atoms with Crippen LogP contribution < -0.4 is 5.73 Å². The summed E-state index contributed by atoms with van der Waals surface area (Å²) in [5.74, 6) is -1.04. The molecule has 0 saturated heterocycles. The monoisotopic (exact) mass is 251 g/mol. The van der Waals surface area contributed by atoms with Crippen molar-refractivity contribution in [1.82, 2.24) is 9.55 Å². The Morgan fingerprint density at radius 1 is 1.28 bits per heavy atom. The van der Waals surface area contributed by atoms with Crippen LogP contribution in [0, 0.1) is 17.6 Å². The Morgan fingerprint density at radius 3 is 2.61 bits per heavy atom. The third-order valence-corrected chi connectivity index (χ3v) is 2.90.